The summed E-state index contributed by atoms with van der Waals surface area (Å²) in [6, 6.07) is 15.6. The number of ether oxygens (including phenoxy) is 3. The van der Waals surface area contributed by atoms with Crippen LogP contribution in [0.15, 0.2) is 60.7 Å². The van der Waals surface area contributed by atoms with Gasteiger partial charge in [-0.15, -0.1) is 0 Å². The zero-order chi connectivity index (χ0) is 31.0. The van der Waals surface area contributed by atoms with Crippen LogP contribution >= 0.6 is 0 Å². The Morgan fingerprint density at radius 2 is 1.40 bits per heavy atom. The highest BCUT2D eigenvalue weighted by atomic mass is 16.6. The van der Waals surface area contributed by atoms with Crippen molar-refractivity contribution >= 4 is 30.2 Å². The number of esters is 1. The SMILES string of the molecule is CC(C)(C)OC(=O)NN(CC(=O)OCc1ccccc1)C(=O)N[C@@H](CCCCNC(=O)OCc1ccccc1)C(=O)O. The molecule has 13 nitrogen and oxygen atoms in total. The second kappa shape index (κ2) is 17.1. The first-order chi connectivity index (χ1) is 19.9. The first-order valence-corrected chi connectivity index (χ1v) is 13.4. The van der Waals surface area contributed by atoms with E-state index in [4.69, 9.17) is 14.2 Å². The second-order valence-electron chi connectivity index (χ2n) is 10.2. The molecule has 1 atom stereocenters. The lowest BCUT2D eigenvalue weighted by Gasteiger charge is -2.27. The molecule has 0 saturated carbocycles. The molecule has 2 aromatic rings. The Bertz CT molecular complexity index is 1170. The van der Waals surface area contributed by atoms with Crippen LogP contribution < -0.4 is 16.1 Å². The quantitative estimate of drug-likeness (QED) is 0.118. The zero-order valence-corrected chi connectivity index (χ0v) is 24.0. The number of benzene rings is 2. The third-order valence-electron chi connectivity index (χ3n) is 5.40. The van der Waals surface area contributed by atoms with Gasteiger partial charge in [-0.05, 0) is 51.2 Å². The lowest BCUT2D eigenvalue weighted by molar-refractivity contribution is -0.146. The van der Waals surface area contributed by atoms with E-state index < -0.39 is 48.3 Å². The molecule has 0 radical (unpaired) electrons. The van der Waals surface area contributed by atoms with Crippen LogP contribution in [0.25, 0.3) is 0 Å². The summed E-state index contributed by atoms with van der Waals surface area (Å²) in [5.74, 6) is -2.16. The van der Waals surface area contributed by atoms with Crippen molar-refractivity contribution in [3.05, 3.63) is 71.8 Å². The fourth-order valence-corrected chi connectivity index (χ4v) is 3.41. The molecule has 0 fully saturated rings. The van der Waals surface area contributed by atoms with E-state index in [1.807, 2.05) is 30.3 Å². The molecule has 42 heavy (non-hydrogen) atoms. The molecule has 0 aliphatic carbocycles. The minimum Gasteiger partial charge on any atom is -0.480 e. The predicted molar refractivity (Wildman–Crippen MR) is 151 cm³/mol. The minimum atomic E-state index is -1.34. The number of alkyl carbamates (subject to hydrolysis) is 1. The molecule has 4 amide bonds. The van der Waals surface area contributed by atoms with Gasteiger partial charge in [-0.3, -0.25) is 4.79 Å². The largest absolute Gasteiger partial charge is 0.480 e. The summed E-state index contributed by atoms with van der Waals surface area (Å²) in [6.45, 7) is 4.42. The van der Waals surface area contributed by atoms with Gasteiger partial charge in [-0.25, -0.2) is 29.6 Å². The van der Waals surface area contributed by atoms with Crippen LogP contribution in [0, 0.1) is 0 Å². The van der Waals surface area contributed by atoms with Gasteiger partial charge in [-0.2, -0.15) is 0 Å². The minimum absolute atomic E-state index is 0.0144. The van der Waals surface area contributed by atoms with Gasteiger partial charge in [0.2, 0.25) is 0 Å². The van der Waals surface area contributed by atoms with Gasteiger partial charge in [0.05, 0.1) is 0 Å². The number of carbonyl (C=O) groups excluding carboxylic acids is 4. The number of rotatable bonds is 13. The maximum atomic E-state index is 12.9. The van der Waals surface area contributed by atoms with E-state index in [-0.39, 0.29) is 26.2 Å². The van der Waals surface area contributed by atoms with Gasteiger partial charge in [0, 0.05) is 6.54 Å². The fraction of sp³-hybridized carbons (Fsp3) is 0.414. The van der Waals surface area contributed by atoms with Crippen molar-refractivity contribution < 1.29 is 43.3 Å². The van der Waals surface area contributed by atoms with Crippen molar-refractivity contribution in [3.63, 3.8) is 0 Å². The molecule has 0 unspecified atom stereocenters. The van der Waals surface area contributed by atoms with E-state index in [0.29, 0.717) is 23.4 Å². The lowest BCUT2D eigenvalue weighted by atomic mass is 10.1. The highest BCUT2D eigenvalue weighted by Crippen LogP contribution is 2.08. The molecule has 0 saturated heterocycles. The summed E-state index contributed by atoms with van der Waals surface area (Å²) >= 11 is 0. The Morgan fingerprint density at radius 1 is 0.833 bits per heavy atom. The van der Waals surface area contributed by atoms with Crippen molar-refractivity contribution in [1.82, 2.24) is 21.1 Å². The number of hydrazine groups is 1. The van der Waals surface area contributed by atoms with Crippen molar-refractivity contribution in [1.29, 1.82) is 0 Å². The number of carboxylic acid groups (broad SMARTS) is 1. The molecule has 0 spiro atoms. The van der Waals surface area contributed by atoms with Gasteiger partial charge in [0.15, 0.2) is 0 Å². The Kier molecular flexibility index (Phi) is 13.6. The molecule has 0 aliphatic heterocycles. The number of aliphatic carboxylic acids is 1. The number of urea groups is 1. The molecule has 4 N–H and O–H groups in total. The number of nitrogens with one attached hydrogen (secondary N) is 3. The number of hydrogen-bond donors (Lipinski definition) is 4. The van der Waals surface area contributed by atoms with E-state index >= 15 is 0 Å². The van der Waals surface area contributed by atoms with E-state index in [9.17, 15) is 29.1 Å². The van der Waals surface area contributed by atoms with Gasteiger partial charge in [-0.1, -0.05) is 60.7 Å². The lowest BCUT2D eigenvalue weighted by Crippen LogP contribution is -2.56. The van der Waals surface area contributed by atoms with Crippen molar-refractivity contribution in [2.45, 2.75) is 64.9 Å². The molecule has 13 heteroatoms. The van der Waals surface area contributed by atoms with Crippen molar-refractivity contribution in [3.8, 4) is 0 Å². The topological polar surface area (TPSA) is 173 Å². The standard InChI is InChI=1S/C29H38N4O9/c1-29(2,3)42-28(39)32-33(18-24(34)40-19-21-12-6-4-7-13-21)26(37)31-23(25(35)36)16-10-11-17-30-27(38)41-20-22-14-8-5-9-15-22/h4-9,12-15,23H,10-11,16-20H2,1-3H3,(H,30,38)(H,31,37)(H,32,39)(H,35,36)/t23-/m0/s1. The molecular formula is C29H38N4O9. The van der Waals surface area contributed by atoms with Crippen molar-refractivity contribution in [2.75, 3.05) is 13.1 Å². The Hall–Kier alpha value is -4.81. The number of carbonyl (C=O) groups is 5. The Balaban J connectivity index is 1.86. The summed E-state index contributed by atoms with van der Waals surface area (Å²) < 4.78 is 15.5. The molecule has 0 bridgehead atoms. The van der Waals surface area contributed by atoms with E-state index in [1.54, 1.807) is 51.1 Å². The van der Waals surface area contributed by atoms with Crippen LogP contribution in [-0.4, -0.2) is 65.0 Å². The van der Waals surface area contributed by atoms with Crippen LogP contribution in [0.3, 0.4) is 0 Å². The Labute approximate surface area is 244 Å². The highest BCUT2D eigenvalue weighted by Gasteiger charge is 2.28. The molecule has 228 valence electrons. The summed E-state index contributed by atoms with van der Waals surface area (Å²) in [5, 5.41) is 15.1. The van der Waals surface area contributed by atoms with Crippen molar-refractivity contribution in [2.24, 2.45) is 0 Å². The number of nitrogens with zero attached hydrogens (tertiary/aromatic N) is 1. The summed E-state index contributed by atoms with van der Waals surface area (Å²) in [5.41, 5.74) is 2.82. The number of carboxylic acids is 1. The Morgan fingerprint density at radius 3 is 1.95 bits per heavy atom. The normalized spacial score (nSPS) is 11.4. The summed E-state index contributed by atoms with van der Waals surface area (Å²) in [4.78, 5) is 61.4. The molecule has 0 aromatic heterocycles. The third kappa shape index (κ3) is 14.0. The van der Waals surface area contributed by atoms with Crippen LogP contribution in [0.1, 0.15) is 51.2 Å². The van der Waals surface area contributed by atoms with Crippen LogP contribution in [0.2, 0.25) is 0 Å². The molecule has 0 heterocycles. The average Bonchev–Trinajstić information content (AvgIpc) is 2.93. The maximum absolute atomic E-state index is 12.9. The zero-order valence-electron chi connectivity index (χ0n) is 24.0. The number of hydrogen-bond acceptors (Lipinski definition) is 8. The van der Waals surface area contributed by atoms with Crippen LogP contribution in [-0.2, 0) is 37.0 Å². The molecular weight excluding hydrogens is 548 g/mol. The number of unbranched alkanes of at least 4 members (excludes halogenated alkanes) is 1. The summed E-state index contributed by atoms with van der Waals surface area (Å²) in [6.07, 6.45) is -0.878. The molecule has 2 aromatic carbocycles. The first-order valence-electron chi connectivity index (χ1n) is 13.4. The van der Waals surface area contributed by atoms with Crippen LogP contribution in [0.5, 0.6) is 0 Å². The van der Waals surface area contributed by atoms with Crippen LogP contribution in [0.4, 0.5) is 14.4 Å². The second-order valence-corrected chi connectivity index (χ2v) is 10.2. The monoisotopic (exact) mass is 586 g/mol. The average molecular weight is 587 g/mol. The smallest absolute Gasteiger partial charge is 0.426 e. The fourth-order valence-electron chi connectivity index (χ4n) is 3.41. The third-order valence-corrected chi connectivity index (χ3v) is 5.40. The summed E-state index contributed by atoms with van der Waals surface area (Å²) in [7, 11) is 0. The first kappa shape index (κ1) is 33.4. The van der Waals surface area contributed by atoms with Gasteiger partial charge in [0.25, 0.3) is 0 Å². The van der Waals surface area contributed by atoms with E-state index in [2.05, 4.69) is 16.1 Å². The predicted octanol–water partition coefficient (Wildman–Crippen LogP) is 3.73. The van der Waals surface area contributed by atoms with E-state index in [1.165, 1.54) is 0 Å². The highest BCUT2D eigenvalue weighted by molar-refractivity contribution is 5.86. The van der Waals surface area contributed by atoms with Gasteiger partial charge < -0.3 is 30.0 Å². The van der Waals surface area contributed by atoms with Gasteiger partial charge in [0.1, 0.15) is 31.4 Å². The molecule has 2 rings (SSSR count). The maximum Gasteiger partial charge on any atom is 0.426 e. The van der Waals surface area contributed by atoms with E-state index in [0.717, 1.165) is 5.56 Å². The molecule has 0 aliphatic rings. The number of amides is 4. The van der Waals surface area contributed by atoms with Gasteiger partial charge >= 0.3 is 30.2 Å².